The van der Waals surface area contributed by atoms with E-state index in [0.29, 0.717) is 0 Å². The molecule has 6 heteroatoms. The highest BCUT2D eigenvalue weighted by atomic mass is 32.1. The highest BCUT2D eigenvalue weighted by Crippen LogP contribution is 2.19. The van der Waals surface area contributed by atoms with E-state index < -0.39 is 0 Å². The Morgan fingerprint density at radius 1 is 1.17 bits per heavy atom. The molecule has 0 saturated carbocycles. The summed E-state index contributed by atoms with van der Waals surface area (Å²) in [6.07, 6.45) is 5.74. The number of anilines is 1. The molecule has 0 aromatic carbocycles. The highest BCUT2D eigenvalue weighted by molar-refractivity contribution is 7.13. The lowest BCUT2D eigenvalue weighted by Crippen LogP contribution is -2.46. The molecule has 2 aromatic rings. The van der Waals surface area contributed by atoms with Crippen molar-refractivity contribution >= 4 is 16.5 Å². The molecule has 0 N–H and O–H groups in total. The van der Waals surface area contributed by atoms with Gasteiger partial charge in [-0.2, -0.15) is 0 Å². The van der Waals surface area contributed by atoms with Gasteiger partial charge in [0.25, 0.3) is 0 Å². The molecule has 1 fully saturated rings. The summed E-state index contributed by atoms with van der Waals surface area (Å²) in [5.74, 6) is 1.14. The lowest BCUT2D eigenvalue weighted by molar-refractivity contribution is 0.242. The predicted molar refractivity (Wildman–Crippen MR) is 72.8 cm³/mol. The smallest absolute Gasteiger partial charge is 0.185 e. The quantitative estimate of drug-likeness (QED) is 0.834. The Morgan fingerprint density at radius 2 is 2.00 bits per heavy atom. The first kappa shape index (κ1) is 11.7. The molecule has 3 rings (SSSR count). The van der Waals surface area contributed by atoms with Gasteiger partial charge in [0, 0.05) is 57.2 Å². The maximum Gasteiger partial charge on any atom is 0.185 e. The van der Waals surface area contributed by atoms with Crippen molar-refractivity contribution < 1.29 is 0 Å². The second kappa shape index (κ2) is 5.07. The van der Waals surface area contributed by atoms with Gasteiger partial charge in [-0.05, 0) is 0 Å². The van der Waals surface area contributed by atoms with Crippen molar-refractivity contribution in [3.05, 3.63) is 29.8 Å². The molecular weight excluding hydrogens is 246 g/mol. The zero-order valence-electron chi connectivity index (χ0n) is 10.5. The number of hydrogen-bond donors (Lipinski definition) is 0. The zero-order valence-corrected chi connectivity index (χ0v) is 11.3. The Bertz CT molecular complexity index is 484. The zero-order chi connectivity index (χ0) is 12.4. The van der Waals surface area contributed by atoms with Gasteiger partial charge in [-0.1, -0.05) is 0 Å². The summed E-state index contributed by atoms with van der Waals surface area (Å²) in [4.78, 5) is 13.6. The average Bonchev–Trinajstić information content (AvgIpc) is 3.03. The second-order valence-corrected chi connectivity index (χ2v) is 5.41. The van der Waals surface area contributed by atoms with Gasteiger partial charge in [-0.25, -0.2) is 9.97 Å². The third kappa shape index (κ3) is 2.39. The number of imidazole rings is 1. The molecule has 0 radical (unpaired) electrons. The maximum absolute atomic E-state index is 4.38. The third-order valence-corrected chi connectivity index (χ3v) is 4.18. The van der Waals surface area contributed by atoms with Gasteiger partial charge in [-0.3, -0.25) is 4.90 Å². The second-order valence-electron chi connectivity index (χ2n) is 4.53. The Morgan fingerprint density at radius 3 is 2.61 bits per heavy atom. The molecule has 0 bridgehead atoms. The van der Waals surface area contributed by atoms with Crippen molar-refractivity contribution in [2.24, 2.45) is 7.05 Å². The van der Waals surface area contributed by atoms with Crippen LogP contribution in [0.1, 0.15) is 5.82 Å². The third-order valence-electron chi connectivity index (χ3n) is 3.35. The molecule has 1 aliphatic heterocycles. The van der Waals surface area contributed by atoms with Crippen LogP contribution in [0.4, 0.5) is 5.13 Å². The van der Waals surface area contributed by atoms with Crippen LogP contribution in [0.3, 0.4) is 0 Å². The number of nitrogens with zero attached hydrogens (tertiary/aromatic N) is 5. The number of rotatable bonds is 3. The largest absolute Gasteiger partial charge is 0.346 e. The summed E-state index contributed by atoms with van der Waals surface area (Å²) in [5, 5.41) is 3.18. The minimum atomic E-state index is 0.940. The fourth-order valence-corrected chi connectivity index (χ4v) is 2.91. The Kier molecular flexibility index (Phi) is 3.29. The standard InChI is InChI=1S/C12H17N5S/c1-15-4-2-13-11(15)10-16-5-7-17(8-6-16)12-14-3-9-18-12/h2-4,9H,5-8,10H2,1H3. The normalized spacial score (nSPS) is 17.3. The van der Waals surface area contributed by atoms with Crippen LogP contribution in [0.15, 0.2) is 24.0 Å². The van der Waals surface area contributed by atoms with Crippen molar-refractivity contribution in [2.75, 3.05) is 31.1 Å². The monoisotopic (exact) mass is 263 g/mol. The molecule has 0 spiro atoms. The summed E-state index contributed by atoms with van der Waals surface area (Å²) >= 11 is 1.72. The fraction of sp³-hybridized carbons (Fsp3) is 0.500. The Labute approximate surface area is 111 Å². The first-order valence-corrected chi connectivity index (χ1v) is 7.04. The fourth-order valence-electron chi connectivity index (χ4n) is 2.22. The predicted octanol–water partition coefficient (Wildman–Crippen LogP) is 1.20. The number of piperazine rings is 1. The first-order chi connectivity index (χ1) is 8.83. The molecule has 18 heavy (non-hydrogen) atoms. The van der Waals surface area contributed by atoms with Crippen molar-refractivity contribution in [2.45, 2.75) is 6.54 Å². The number of aryl methyl sites for hydroxylation is 1. The van der Waals surface area contributed by atoms with E-state index in [9.17, 15) is 0 Å². The van der Waals surface area contributed by atoms with E-state index >= 15 is 0 Å². The molecular formula is C12H17N5S. The van der Waals surface area contributed by atoms with E-state index in [4.69, 9.17) is 0 Å². The van der Waals surface area contributed by atoms with E-state index in [0.717, 1.165) is 43.7 Å². The lowest BCUT2D eigenvalue weighted by atomic mass is 10.3. The van der Waals surface area contributed by atoms with Crippen molar-refractivity contribution in [3.63, 3.8) is 0 Å². The Balaban J connectivity index is 1.56. The van der Waals surface area contributed by atoms with Crippen molar-refractivity contribution in [3.8, 4) is 0 Å². The van der Waals surface area contributed by atoms with Gasteiger partial charge in [0.15, 0.2) is 5.13 Å². The van der Waals surface area contributed by atoms with Crippen LogP contribution >= 0.6 is 11.3 Å². The molecule has 96 valence electrons. The summed E-state index contributed by atoms with van der Waals surface area (Å²) in [6, 6.07) is 0. The number of hydrogen-bond acceptors (Lipinski definition) is 5. The molecule has 2 aromatic heterocycles. The van der Waals surface area contributed by atoms with E-state index in [2.05, 4.69) is 24.3 Å². The molecule has 1 saturated heterocycles. The van der Waals surface area contributed by atoms with Gasteiger partial charge in [0.1, 0.15) is 5.82 Å². The lowest BCUT2D eigenvalue weighted by Gasteiger charge is -2.34. The number of aromatic nitrogens is 3. The summed E-state index contributed by atoms with van der Waals surface area (Å²) in [7, 11) is 2.05. The summed E-state index contributed by atoms with van der Waals surface area (Å²) in [5.41, 5.74) is 0. The van der Waals surface area contributed by atoms with E-state index in [1.54, 1.807) is 11.3 Å². The van der Waals surface area contributed by atoms with Gasteiger partial charge < -0.3 is 9.47 Å². The molecule has 0 atom stereocenters. The van der Waals surface area contributed by atoms with Crippen LogP contribution in [0.5, 0.6) is 0 Å². The van der Waals surface area contributed by atoms with Crippen LogP contribution in [0.2, 0.25) is 0 Å². The SMILES string of the molecule is Cn1ccnc1CN1CCN(c2nccs2)CC1. The van der Waals surface area contributed by atoms with E-state index in [1.165, 1.54) is 0 Å². The van der Waals surface area contributed by atoms with Gasteiger partial charge in [0.05, 0.1) is 6.54 Å². The highest BCUT2D eigenvalue weighted by Gasteiger charge is 2.19. The van der Waals surface area contributed by atoms with Gasteiger partial charge >= 0.3 is 0 Å². The average molecular weight is 263 g/mol. The maximum atomic E-state index is 4.38. The molecule has 1 aliphatic rings. The topological polar surface area (TPSA) is 37.2 Å². The molecule has 0 unspecified atom stereocenters. The molecule has 0 aliphatic carbocycles. The molecule has 5 nitrogen and oxygen atoms in total. The minimum Gasteiger partial charge on any atom is -0.346 e. The van der Waals surface area contributed by atoms with Crippen molar-refractivity contribution in [1.82, 2.24) is 19.4 Å². The van der Waals surface area contributed by atoms with Crippen LogP contribution in [0, 0.1) is 0 Å². The summed E-state index contributed by atoms with van der Waals surface area (Å²) < 4.78 is 2.09. The van der Waals surface area contributed by atoms with Crippen LogP contribution in [0.25, 0.3) is 0 Å². The summed E-state index contributed by atoms with van der Waals surface area (Å²) in [6.45, 7) is 5.20. The van der Waals surface area contributed by atoms with Gasteiger partial charge in [0.2, 0.25) is 0 Å². The van der Waals surface area contributed by atoms with Crippen LogP contribution in [-0.4, -0.2) is 45.6 Å². The van der Waals surface area contributed by atoms with E-state index in [-0.39, 0.29) is 0 Å². The Hall–Kier alpha value is -1.40. The van der Waals surface area contributed by atoms with Gasteiger partial charge in [-0.15, -0.1) is 11.3 Å². The van der Waals surface area contributed by atoms with Crippen LogP contribution in [-0.2, 0) is 13.6 Å². The molecule has 3 heterocycles. The minimum absolute atomic E-state index is 0.940. The number of thiazole rings is 1. The van der Waals surface area contributed by atoms with Crippen molar-refractivity contribution in [1.29, 1.82) is 0 Å². The van der Waals surface area contributed by atoms with Crippen LogP contribution < -0.4 is 4.90 Å². The first-order valence-electron chi connectivity index (χ1n) is 6.16. The molecule has 0 amide bonds. The van der Waals surface area contributed by atoms with E-state index in [1.807, 2.05) is 31.0 Å².